The van der Waals surface area contributed by atoms with E-state index in [9.17, 15) is 4.79 Å². The first kappa shape index (κ1) is 14.3. The van der Waals surface area contributed by atoms with E-state index in [1.54, 1.807) is 4.90 Å². The predicted octanol–water partition coefficient (Wildman–Crippen LogP) is 2.99. The first-order valence-corrected chi connectivity index (χ1v) is 7.61. The molecule has 0 unspecified atom stereocenters. The molecule has 1 amide bonds. The van der Waals surface area contributed by atoms with Gasteiger partial charge in [-0.3, -0.25) is 0 Å². The number of aromatic nitrogens is 3. The lowest BCUT2D eigenvalue weighted by Gasteiger charge is -2.39. The number of halogens is 1. The van der Waals surface area contributed by atoms with Crippen molar-refractivity contribution < 1.29 is 9.53 Å². The maximum atomic E-state index is 11.9. The third-order valence-corrected chi connectivity index (χ3v) is 3.79. The van der Waals surface area contributed by atoms with Crippen LogP contribution in [0.25, 0.3) is 11.0 Å². The first-order chi connectivity index (χ1) is 9.83. The lowest BCUT2D eigenvalue weighted by Crippen LogP contribution is -2.52. The van der Waals surface area contributed by atoms with Crippen LogP contribution < -0.4 is 0 Å². The summed E-state index contributed by atoms with van der Waals surface area (Å²) in [5.74, 6) is 0. The molecule has 3 rings (SSSR count). The number of hydrogen-bond acceptors (Lipinski definition) is 4. The SMILES string of the molecule is CC(C)(C)OC(=O)N1CC(n2nnc3ccc(Br)cc32)C1. The monoisotopic (exact) mass is 352 g/mol. The molecule has 1 aliphatic heterocycles. The highest BCUT2D eigenvalue weighted by Gasteiger charge is 2.36. The van der Waals surface area contributed by atoms with Crippen molar-refractivity contribution in [1.82, 2.24) is 19.9 Å². The molecule has 1 fully saturated rings. The van der Waals surface area contributed by atoms with Crippen molar-refractivity contribution in [2.24, 2.45) is 0 Å². The summed E-state index contributed by atoms with van der Waals surface area (Å²) in [6.45, 7) is 6.79. The fourth-order valence-electron chi connectivity index (χ4n) is 2.26. The van der Waals surface area contributed by atoms with Crippen molar-refractivity contribution in [2.75, 3.05) is 13.1 Å². The van der Waals surface area contributed by atoms with Gasteiger partial charge < -0.3 is 9.64 Å². The van der Waals surface area contributed by atoms with E-state index in [1.807, 2.05) is 43.7 Å². The summed E-state index contributed by atoms with van der Waals surface area (Å²) < 4.78 is 8.21. The van der Waals surface area contributed by atoms with E-state index in [2.05, 4.69) is 26.2 Å². The van der Waals surface area contributed by atoms with Gasteiger partial charge in [-0.2, -0.15) is 0 Å². The Hall–Kier alpha value is -1.63. The fraction of sp³-hybridized carbons (Fsp3) is 0.500. The van der Waals surface area contributed by atoms with E-state index >= 15 is 0 Å². The Bertz CT molecular complexity index is 686. The second-order valence-corrected chi connectivity index (χ2v) is 7.12. The van der Waals surface area contributed by atoms with Gasteiger partial charge in [0.05, 0.1) is 11.6 Å². The normalized spacial score (nSPS) is 16.1. The van der Waals surface area contributed by atoms with Crippen molar-refractivity contribution in [3.8, 4) is 0 Å². The van der Waals surface area contributed by atoms with Gasteiger partial charge in [0.25, 0.3) is 0 Å². The third-order valence-electron chi connectivity index (χ3n) is 3.29. The van der Waals surface area contributed by atoms with E-state index in [-0.39, 0.29) is 12.1 Å². The Balaban J connectivity index is 1.70. The Labute approximate surface area is 131 Å². The van der Waals surface area contributed by atoms with Crippen molar-refractivity contribution in [3.63, 3.8) is 0 Å². The summed E-state index contributed by atoms with van der Waals surface area (Å²) >= 11 is 3.46. The zero-order valence-corrected chi connectivity index (χ0v) is 13.8. The van der Waals surface area contributed by atoms with Crippen LogP contribution in [0, 0.1) is 0 Å². The van der Waals surface area contributed by atoms with Gasteiger partial charge in [0.2, 0.25) is 0 Å². The molecule has 1 aromatic carbocycles. The molecule has 0 spiro atoms. The second-order valence-electron chi connectivity index (χ2n) is 6.21. The molecular formula is C14H17BrN4O2. The van der Waals surface area contributed by atoms with Crippen LogP contribution >= 0.6 is 15.9 Å². The Morgan fingerprint density at radius 3 is 2.76 bits per heavy atom. The molecule has 1 saturated heterocycles. The number of benzene rings is 1. The largest absolute Gasteiger partial charge is 0.444 e. The highest BCUT2D eigenvalue weighted by molar-refractivity contribution is 9.10. The van der Waals surface area contributed by atoms with Crippen molar-refractivity contribution in [3.05, 3.63) is 22.7 Å². The highest BCUT2D eigenvalue weighted by Crippen LogP contribution is 2.27. The number of rotatable bonds is 1. The molecule has 1 aromatic heterocycles. The van der Waals surface area contributed by atoms with E-state index in [4.69, 9.17) is 4.74 Å². The molecule has 0 saturated carbocycles. The minimum atomic E-state index is -0.465. The summed E-state index contributed by atoms with van der Waals surface area (Å²) in [5.41, 5.74) is 1.36. The van der Waals surface area contributed by atoms with Gasteiger partial charge in [0, 0.05) is 17.6 Å². The van der Waals surface area contributed by atoms with Crippen molar-refractivity contribution in [2.45, 2.75) is 32.4 Å². The molecule has 0 radical (unpaired) electrons. The third kappa shape index (κ3) is 2.88. The molecule has 0 bridgehead atoms. The average molecular weight is 353 g/mol. The maximum Gasteiger partial charge on any atom is 0.410 e. The minimum Gasteiger partial charge on any atom is -0.444 e. The van der Waals surface area contributed by atoms with Crippen LogP contribution in [0.4, 0.5) is 4.79 Å². The summed E-state index contributed by atoms with van der Waals surface area (Å²) in [7, 11) is 0. The topological polar surface area (TPSA) is 60.2 Å². The maximum absolute atomic E-state index is 11.9. The van der Waals surface area contributed by atoms with E-state index < -0.39 is 5.60 Å². The minimum absolute atomic E-state index is 0.150. The fourth-order valence-corrected chi connectivity index (χ4v) is 2.61. The van der Waals surface area contributed by atoms with Crippen LogP contribution in [0.2, 0.25) is 0 Å². The summed E-state index contributed by atoms with van der Waals surface area (Å²) in [5, 5.41) is 8.34. The van der Waals surface area contributed by atoms with E-state index in [0.717, 1.165) is 15.5 Å². The molecule has 0 aliphatic carbocycles. The molecular weight excluding hydrogens is 336 g/mol. The van der Waals surface area contributed by atoms with E-state index in [1.165, 1.54) is 0 Å². The number of amides is 1. The van der Waals surface area contributed by atoms with Gasteiger partial charge in [0.1, 0.15) is 11.1 Å². The zero-order valence-electron chi connectivity index (χ0n) is 12.2. The summed E-state index contributed by atoms with van der Waals surface area (Å²) in [6.07, 6.45) is -0.274. The summed E-state index contributed by atoms with van der Waals surface area (Å²) in [6, 6.07) is 6.00. The molecule has 2 heterocycles. The number of nitrogens with zero attached hydrogens (tertiary/aromatic N) is 4. The van der Waals surface area contributed by atoms with Crippen LogP contribution in [0.5, 0.6) is 0 Å². The average Bonchev–Trinajstić information content (AvgIpc) is 2.68. The molecule has 2 aromatic rings. The molecule has 0 atom stereocenters. The van der Waals surface area contributed by atoms with Crippen molar-refractivity contribution in [1.29, 1.82) is 0 Å². The highest BCUT2D eigenvalue weighted by atomic mass is 79.9. The number of carbonyl (C=O) groups excluding carboxylic acids is 1. The number of ether oxygens (including phenoxy) is 1. The second kappa shape index (κ2) is 4.98. The van der Waals surface area contributed by atoms with Crippen LogP contribution in [-0.2, 0) is 4.74 Å². The number of fused-ring (bicyclic) bond motifs is 1. The molecule has 21 heavy (non-hydrogen) atoms. The van der Waals surface area contributed by atoms with Gasteiger partial charge >= 0.3 is 6.09 Å². The van der Waals surface area contributed by atoms with Crippen LogP contribution in [-0.4, -0.2) is 44.7 Å². The molecule has 112 valence electrons. The van der Waals surface area contributed by atoms with Gasteiger partial charge in [-0.05, 0) is 39.0 Å². The quantitative estimate of drug-likeness (QED) is 0.791. The predicted molar refractivity (Wildman–Crippen MR) is 82.1 cm³/mol. The molecule has 0 N–H and O–H groups in total. The van der Waals surface area contributed by atoms with Crippen LogP contribution in [0.15, 0.2) is 22.7 Å². The lowest BCUT2D eigenvalue weighted by molar-refractivity contribution is -0.0000725. The van der Waals surface area contributed by atoms with Gasteiger partial charge in [-0.15, -0.1) is 5.10 Å². The van der Waals surface area contributed by atoms with Crippen LogP contribution in [0.1, 0.15) is 26.8 Å². The number of hydrogen-bond donors (Lipinski definition) is 0. The van der Waals surface area contributed by atoms with Crippen LogP contribution in [0.3, 0.4) is 0 Å². The smallest absolute Gasteiger partial charge is 0.410 e. The molecule has 6 nitrogen and oxygen atoms in total. The Morgan fingerprint density at radius 2 is 2.10 bits per heavy atom. The summed E-state index contributed by atoms with van der Waals surface area (Å²) in [4.78, 5) is 13.6. The van der Waals surface area contributed by atoms with Gasteiger partial charge in [-0.1, -0.05) is 21.1 Å². The van der Waals surface area contributed by atoms with Gasteiger partial charge in [0.15, 0.2) is 0 Å². The first-order valence-electron chi connectivity index (χ1n) is 6.82. The van der Waals surface area contributed by atoms with Crippen molar-refractivity contribution >= 4 is 33.1 Å². The zero-order chi connectivity index (χ0) is 15.2. The Kier molecular flexibility index (Phi) is 3.39. The number of likely N-dealkylation sites (tertiary alicyclic amines) is 1. The Morgan fingerprint density at radius 1 is 1.38 bits per heavy atom. The standard InChI is InChI=1S/C14H17BrN4O2/c1-14(2,3)21-13(20)18-7-10(8-18)19-12-6-9(15)4-5-11(12)16-17-19/h4-6,10H,7-8H2,1-3H3. The number of carbonyl (C=O) groups is 1. The lowest BCUT2D eigenvalue weighted by atomic mass is 10.1. The molecule has 7 heteroatoms. The van der Waals surface area contributed by atoms with Gasteiger partial charge in [-0.25, -0.2) is 9.48 Å². The molecule has 1 aliphatic rings. The van der Waals surface area contributed by atoms with E-state index in [0.29, 0.717) is 13.1 Å².